The molecule has 2 aromatic rings. The first-order chi connectivity index (χ1) is 8.16. The summed E-state index contributed by atoms with van der Waals surface area (Å²) in [6.07, 6.45) is 2.06. The van der Waals surface area contributed by atoms with Crippen molar-refractivity contribution in [3.63, 3.8) is 0 Å². The summed E-state index contributed by atoms with van der Waals surface area (Å²) in [6, 6.07) is 10.0. The third-order valence-electron chi connectivity index (χ3n) is 2.34. The largest absolute Gasteiger partial charge is 0.273 e. The van der Waals surface area contributed by atoms with Gasteiger partial charge in [0.25, 0.3) is 5.69 Å². The summed E-state index contributed by atoms with van der Waals surface area (Å²) < 4.78 is 0. The van der Waals surface area contributed by atoms with Crippen LogP contribution in [-0.4, -0.2) is 9.91 Å². The number of aromatic nitrogens is 1. The molecule has 0 unspecified atom stereocenters. The number of pyridine rings is 1. The van der Waals surface area contributed by atoms with Gasteiger partial charge in [-0.25, -0.2) is 0 Å². The molecule has 0 aliphatic rings. The van der Waals surface area contributed by atoms with Crippen LogP contribution in [-0.2, 0) is 6.42 Å². The van der Waals surface area contributed by atoms with E-state index >= 15 is 0 Å². The van der Waals surface area contributed by atoms with Crippen molar-refractivity contribution in [1.82, 2.24) is 4.98 Å². The average molecular weight is 249 g/mol. The van der Waals surface area contributed by atoms with E-state index in [0.717, 1.165) is 5.69 Å². The number of hydrogen-bond acceptors (Lipinski definition) is 3. The molecule has 1 aromatic heterocycles. The number of nitro groups is 1. The van der Waals surface area contributed by atoms with Gasteiger partial charge in [0.15, 0.2) is 0 Å². The number of nitrogens with zero attached hydrogens (tertiary/aromatic N) is 2. The van der Waals surface area contributed by atoms with E-state index < -0.39 is 4.92 Å². The molecule has 86 valence electrons. The Morgan fingerprint density at radius 1 is 1.29 bits per heavy atom. The van der Waals surface area contributed by atoms with Crippen molar-refractivity contribution in [2.75, 3.05) is 0 Å². The third-order valence-corrected chi connectivity index (χ3v) is 2.57. The van der Waals surface area contributed by atoms with Gasteiger partial charge in [-0.3, -0.25) is 15.1 Å². The number of rotatable bonds is 3. The summed E-state index contributed by atoms with van der Waals surface area (Å²) >= 11 is 5.84. The molecule has 0 aliphatic carbocycles. The van der Waals surface area contributed by atoms with Gasteiger partial charge in [0.1, 0.15) is 0 Å². The van der Waals surface area contributed by atoms with E-state index in [9.17, 15) is 10.1 Å². The Labute approximate surface area is 103 Å². The summed E-state index contributed by atoms with van der Waals surface area (Å²) in [5, 5.41) is 11.4. The molecule has 0 saturated carbocycles. The second-order valence-corrected chi connectivity index (χ2v) is 3.96. The van der Waals surface area contributed by atoms with Crippen molar-refractivity contribution in [1.29, 1.82) is 0 Å². The van der Waals surface area contributed by atoms with E-state index in [-0.39, 0.29) is 5.69 Å². The fourth-order valence-electron chi connectivity index (χ4n) is 1.57. The first-order valence-electron chi connectivity index (χ1n) is 4.99. The molecule has 0 spiro atoms. The van der Waals surface area contributed by atoms with Gasteiger partial charge < -0.3 is 0 Å². The van der Waals surface area contributed by atoms with Gasteiger partial charge in [0.05, 0.1) is 4.92 Å². The van der Waals surface area contributed by atoms with E-state index in [1.165, 1.54) is 12.1 Å². The Morgan fingerprint density at radius 2 is 2.12 bits per heavy atom. The zero-order valence-corrected chi connectivity index (χ0v) is 9.59. The molecule has 0 fully saturated rings. The lowest BCUT2D eigenvalue weighted by Crippen LogP contribution is -1.97. The monoisotopic (exact) mass is 248 g/mol. The van der Waals surface area contributed by atoms with Crippen LogP contribution >= 0.6 is 11.6 Å². The Morgan fingerprint density at radius 3 is 2.76 bits per heavy atom. The minimum atomic E-state index is -0.408. The number of benzene rings is 1. The van der Waals surface area contributed by atoms with Crippen molar-refractivity contribution in [2.24, 2.45) is 0 Å². The molecular formula is C12H9ClN2O2. The fraction of sp³-hybridized carbons (Fsp3) is 0.0833. The molecule has 0 saturated heterocycles. The van der Waals surface area contributed by atoms with E-state index in [2.05, 4.69) is 4.98 Å². The molecule has 1 aromatic carbocycles. The Hall–Kier alpha value is -1.94. The maximum absolute atomic E-state index is 10.9. The van der Waals surface area contributed by atoms with Crippen LogP contribution in [0.15, 0.2) is 42.6 Å². The fourth-order valence-corrected chi connectivity index (χ4v) is 1.77. The minimum absolute atomic E-state index is 0.0695. The lowest BCUT2D eigenvalue weighted by Gasteiger charge is -2.03. The second-order valence-electron chi connectivity index (χ2n) is 3.53. The van der Waals surface area contributed by atoms with E-state index in [1.807, 2.05) is 12.1 Å². The molecule has 1 heterocycles. The van der Waals surface area contributed by atoms with Gasteiger partial charge in [-0.05, 0) is 24.3 Å². The number of halogens is 1. The standard InChI is InChI=1S/C12H9ClN2O2/c13-10-4-5-12(15(16)17)9(7-10)8-11-3-1-2-6-14-11/h1-7H,8H2. The summed E-state index contributed by atoms with van der Waals surface area (Å²) in [6.45, 7) is 0. The number of hydrogen-bond donors (Lipinski definition) is 0. The van der Waals surface area contributed by atoms with E-state index in [0.29, 0.717) is 17.0 Å². The summed E-state index contributed by atoms with van der Waals surface area (Å²) in [5.41, 5.74) is 1.42. The molecule has 17 heavy (non-hydrogen) atoms. The van der Waals surface area contributed by atoms with Gasteiger partial charge in [0, 0.05) is 35.0 Å². The summed E-state index contributed by atoms with van der Waals surface area (Å²) in [4.78, 5) is 14.6. The molecular weight excluding hydrogens is 240 g/mol. The minimum Gasteiger partial charge on any atom is -0.261 e. The van der Waals surface area contributed by atoms with Crippen LogP contribution in [0.1, 0.15) is 11.3 Å². The van der Waals surface area contributed by atoms with Gasteiger partial charge in [-0.2, -0.15) is 0 Å². The molecule has 0 atom stereocenters. The predicted octanol–water partition coefficient (Wildman–Crippen LogP) is 3.23. The van der Waals surface area contributed by atoms with Crippen LogP contribution in [0.2, 0.25) is 5.02 Å². The van der Waals surface area contributed by atoms with Crippen molar-refractivity contribution in [3.05, 3.63) is 69.0 Å². The highest BCUT2D eigenvalue weighted by atomic mass is 35.5. The lowest BCUT2D eigenvalue weighted by atomic mass is 10.1. The van der Waals surface area contributed by atoms with Crippen molar-refractivity contribution < 1.29 is 4.92 Å². The Bertz CT molecular complexity index is 543. The summed E-state index contributed by atoms with van der Waals surface area (Å²) in [5.74, 6) is 0. The predicted molar refractivity (Wildman–Crippen MR) is 65.1 cm³/mol. The topological polar surface area (TPSA) is 56.0 Å². The normalized spacial score (nSPS) is 10.2. The van der Waals surface area contributed by atoms with Gasteiger partial charge in [-0.1, -0.05) is 17.7 Å². The van der Waals surface area contributed by atoms with Crippen molar-refractivity contribution >= 4 is 17.3 Å². The zero-order valence-electron chi connectivity index (χ0n) is 8.84. The third kappa shape index (κ3) is 2.79. The molecule has 2 rings (SSSR count). The van der Waals surface area contributed by atoms with Crippen LogP contribution in [0.3, 0.4) is 0 Å². The maximum Gasteiger partial charge on any atom is 0.273 e. The van der Waals surface area contributed by atoms with Crippen LogP contribution < -0.4 is 0 Å². The smallest absolute Gasteiger partial charge is 0.261 e. The van der Waals surface area contributed by atoms with Crippen LogP contribution in [0.5, 0.6) is 0 Å². The van der Waals surface area contributed by atoms with Crippen molar-refractivity contribution in [3.8, 4) is 0 Å². The highest BCUT2D eigenvalue weighted by molar-refractivity contribution is 6.30. The second kappa shape index (κ2) is 4.93. The Kier molecular flexibility index (Phi) is 3.35. The van der Waals surface area contributed by atoms with Gasteiger partial charge in [0.2, 0.25) is 0 Å². The average Bonchev–Trinajstić information content (AvgIpc) is 2.30. The first kappa shape index (κ1) is 11.5. The van der Waals surface area contributed by atoms with Crippen LogP contribution in [0.4, 0.5) is 5.69 Å². The molecule has 0 bridgehead atoms. The summed E-state index contributed by atoms with van der Waals surface area (Å²) in [7, 11) is 0. The van der Waals surface area contributed by atoms with E-state index in [1.54, 1.807) is 18.3 Å². The lowest BCUT2D eigenvalue weighted by molar-refractivity contribution is -0.385. The van der Waals surface area contributed by atoms with Crippen LogP contribution in [0.25, 0.3) is 0 Å². The molecule has 0 amide bonds. The molecule has 0 aliphatic heterocycles. The van der Waals surface area contributed by atoms with E-state index in [4.69, 9.17) is 11.6 Å². The van der Waals surface area contributed by atoms with Crippen LogP contribution in [0, 0.1) is 10.1 Å². The SMILES string of the molecule is O=[N+]([O-])c1ccc(Cl)cc1Cc1ccccn1. The first-order valence-corrected chi connectivity index (χ1v) is 5.37. The Balaban J connectivity index is 2.37. The highest BCUT2D eigenvalue weighted by Gasteiger charge is 2.14. The van der Waals surface area contributed by atoms with Crippen molar-refractivity contribution in [2.45, 2.75) is 6.42 Å². The van der Waals surface area contributed by atoms with Gasteiger partial charge >= 0.3 is 0 Å². The molecule has 4 nitrogen and oxygen atoms in total. The molecule has 5 heteroatoms. The van der Waals surface area contributed by atoms with Gasteiger partial charge in [-0.15, -0.1) is 0 Å². The maximum atomic E-state index is 10.9. The quantitative estimate of drug-likeness (QED) is 0.619. The molecule has 0 N–H and O–H groups in total. The molecule has 0 radical (unpaired) electrons. The zero-order chi connectivity index (χ0) is 12.3. The highest BCUT2D eigenvalue weighted by Crippen LogP contribution is 2.24. The number of nitro benzene ring substituents is 1.